The van der Waals surface area contributed by atoms with E-state index in [-0.39, 0.29) is 10.6 Å². The Morgan fingerprint density at radius 2 is 1.82 bits per heavy atom. The van der Waals surface area contributed by atoms with E-state index in [1.807, 2.05) is 4.90 Å². The molecule has 2 aromatic carbocycles. The van der Waals surface area contributed by atoms with Crippen LogP contribution in [0.2, 0.25) is 5.02 Å². The van der Waals surface area contributed by atoms with Crippen LogP contribution in [0.3, 0.4) is 0 Å². The Labute approximate surface area is 201 Å². The van der Waals surface area contributed by atoms with Gasteiger partial charge in [-0.25, -0.2) is 9.59 Å². The fraction of sp³-hybridized carbons (Fsp3) is 0.364. The highest BCUT2D eigenvalue weighted by atomic mass is 79.9. The standard InChI is InChI=1S/C22H19BrClF3N2O4/c23-17-10-18(24)16(22(25,26)27)9-14(17)11-28-7-5-21(6-8-28)12-29(20(32)33-21)15-3-1-13(2-4-15)19(30)31/h1-4,9-10H,5-8,11-12H2,(H,30,31). The molecule has 0 aliphatic carbocycles. The molecule has 1 spiro atoms. The quantitative estimate of drug-likeness (QED) is 0.523. The second kappa shape index (κ2) is 8.81. The highest BCUT2D eigenvalue weighted by Crippen LogP contribution is 2.39. The summed E-state index contributed by atoms with van der Waals surface area (Å²) >= 11 is 9.07. The number of amides is 1. The third-order valence-corrected chi connectivity index (χ3v) is 7.05. The minimum atomic E-state index is -4.54. The third-order valence-electron chi connectivity index (χ3n) is 6.00. The van der Waals surface area contributed by atoms with Crippen molar-refractivity contribution in [1.29, 1.82) is 0 Å². The molecule has 2 aliphatic rings. The molecule has 6 nitrogen and oxygen atoms in total. The topological polar surface area (TPSA) is 70.1 Å². The average Bonchev–Trinajstić information content (AvgIpc) is 3.06. The number of benzene rings is 2. The Balaban J connectivity index is 1.42. The van der Waals surface area contributed by atoms with Gasteiger partial charge in [-0.15, -0.1) is 0 Å². The Morgan fingerprint density at radius 3 is 2.39 bits per heavy atom. The van der Waals surface area contributed by atoms with E-state index in [0.717, 1.165) is 6.07 Å². The molecule has 176 valence electrons. The largest absolute Gasteiger partial charge is 0.478 e. The molecule has 1 amide bonds. The Hall–Kier alpha value is -2.30. The lowest BCUT2D eigenvalue weighted by Crippen LogP contribution is -2.46. The van der Waals surface area contributed by atoms with Gasteiger partial charge < -0.3 is 9.84 Å². The molecule has 4 rings (SSSR count). The normalized spacial score (nSPS) is 18.6. The molecule has 0 radical (unpaired) electrons. The number of halogens is 5. The van der Waals surface area contributed by atoms with Gasteiger partial charge in [-0.3, -0.25) is 9.80 Å². The van der Waals surface area contributed by atoms with Gasteiger partial charge in [-0.2, -0.15) is 13.2 Å². The molecule has 0 aromatic heterocycles. The highest BCUT2D eigenvalue weighted by Gasteiger charge is 2.47. The number of hydrogen-bond acceptors (Lipinski definition) is 4. The van der Waals surface area contributed by atoms with Crippen LogP contribution in [-0.4, -0.2) is 47.3 Å². The number of carboxylic acid groups (broad SMARTS) is 1. The molecule has 11 heteroatoms. The van der Waals surface area contributed by atoms with Crippen molar-refractivity contribution < 1.29 is 32.6 Å². The van der Waals surface area contributed by atoms with Crippen molar-refractivity contribution in [1.82, 2.24) is 4.90 Å². The Bertz CT molecular complexity index is 1090. The molecular weight excluding hydrogens is 529 g/mol. The van der Waals surface area contributed by atoms with Crippen LogP contribution in [-0.2, 0) is 17.5 Å². The number of anilines is 1. The summed E-state index contributed by atoms with van der Waals surface area (Å²) in [6.07, 6.45) is -3.98. The van der Waals surface area contributed by atoms with Gasteiger partial charge in [-0.1, -0.05) is 27.5 Å². The number of carbonyl (C=O) groups excluding carboxylic acids is 1. The number of ether oxygens (including phenoxy) is 1. The molecule has 2 aliphatic heterocycles. The minimum Gasteiger partial charge on any atom is -0.478 e. The van der Waals surface area contributed by atoms with E-state index in [1.54, 1.807) is 12.1 Å². The van der Waals surface area contributed by atoms with Gasteiger partial charge in [0.25, 0.3) is 0 Å². The van der Waals surface area contributed by atoms with Crippen LogP contribution in [0.1, 0.15) is 34.3 Å². The second-order valence-electron chi connectivity index (χ2n) is 8.19. The summed E-state index contributed by atoms with van der Waals surface area (Å²) in [6.45, 7) is 1.70. The molecule has 2 aromatic rings. The first-order valence-corrected chi connectivity index (χ1v) is 11.3. The third kappa shape index (κ3) is 4.97. The highest BCUT2D eigenvalue weighted by molar-refractivity contribution is 9.10. The maximum Gasteiger partial charge on any atom is 0.417 e. The first-order chi connectivity index (χ1) is 15.5. The van der Waals surface area contributed by atoms with E-state index in [9.17, 15) is 22.8 Å². The predicted octanol–water partition coefficient (Wildman–Crippen LogP) is 5.81. The van der Waals surface area contributed by atoms with Gasteiger partial charge in [0.05, 0.1) is 22.7 Å². The predicted molar refractivity (Wildman–Crippen MR) is 119 cm³/mol. The molecule has 0 saturated carbocycles. The lowest BCUT2D eigenvalue weighted by atomic mass is 9.91. The molecule has 33 heavy (non-hydrogen) atoms. The molecular formula is C22H19BrClF3N2O4. The van der Waals surface area contributed by atoms with Crippen LogP contribution in [0.4, 0.5) is 23.7 Å². The first-order valence-electron chi connectivity index (χ1n) is 10.1. The zero-order valence-electron chi connectivity index (χ0n) is 17.2. The molecule has 0 unspecified atom stereocenters. The molecule has 2 heterocycles. The number of nitrogens with zero attached hydrogens (tertiary/aromatic N) is 2. The van der Waals surface area contributed by atoms with Gasteiger partial charge in [0, 0.05) is 42.6 Å². The Kier molecular flexibility index (Phi) is 6.36. The van der Waals surface area contributed by atoms with Gasteiger partial charge in [0.1, 0.15) is 5.60 Å². The number of piperidine rings is 1. The first kappa shape index (κ1) is 23.8. The number of alkyl halides is 3. The second-order valence-corrected chi connectivity index (χ2v) is 9.45. The average molecular weight is 548 g/mol. The summed E-state index contributed by atoms with van der Waals surface area (Å²) < 4.78 is 45.9. The zero-order valence-corrected chi connectivity index (χ0v) is 19.5. The van der Waals surface area contributed by atoms with E-state index in [4.69, 9.17) is 21.4 Å². The fourth-order valence-corrected chi connectivity index (χ4v) is 5.03. The van der Waals surface area contributed by atoms with Crippen molar-refractivity contribution in [3.8, 4) is 0 Å². The van der Waals surface area contributed by atoms with Crippen LogP contribution >= 0.6 is 27.5 Å². The summed E-state index contributed by atoms with van der Waals surface area (Å²) in [7, 11) is 0. The summed E-state index contributed by atoms with van der Waals surface area (Å²) in [6, 6.07) is 8.31. The van der Waals surface area contributed by atoms with Crippen molar-refractivity contribution in [2.24, 2.45) is 0 Å². The van der Waals surface area contributed by atoms with E-state index in [0.29, 0.717) is 54.7 Å². The van der Waals surface area contributed by atoms with Crippen molar-refractivity contribution in [3.63, 3.8) is 0 Å². The van der Waals surface area contributed by atoms with Crippen molar-refractivity contribution in [2.45, 2.75) is 31.2 Å². The van der Waals surface area contributed by atoms with Crippen LogP contribution < -0.4 is 4.90 Å². The smallest absolute Gasteiger partial charge is 0.417 e. The minimum absolute atomic E-state index is 0.122. The lowest BCUT2D eigenvalue weighted by molar-refractivity contribution is -0.137. The van der Waals surface area contributed by atoms with Crippen molar-refractivity contribution >= 4 is 45.3 Å². The summed E-state index contributed by atoms with van der Waals surface area (Å²) in [5.41, 5.74) is -0.408. The lowest BCUT2D eigenvalue weighted by Gasteiger charge is -2.37. The maximum atomic E-state index is 13.2. The van der Waals surface area contributed by atoms with Crippen LogP contribution in [0.5, 0.6) is 0 Å². The van der Waals surface area contributed by atoms with Gasteiger partial charge in [0.15, 0.2) is 0 Å². The number of rotatable bonds is 4. The van der Waals surface area contributed by atoms with Crippen molar-refractivity contribution in [2.75, 3.05) is 24.5 Å². The molecule has 2 fully saturated rings. The Morgan fingerprint density at radius 1 is 1.18 bits per heavy atom. The van der Waals surface area contributed by atoms with Gasteiger partial charge in [-0.05, 0) is 42.0 Å². The number of hydrogen-bond donors (Lipinski definition) is 1. The number of aromatic carboxylic acids is 1. The number of likely N-dealkylation sites (tertiary alicyclic amines) is 1. The van der Waals surface area contributed by atoms with Gasteiger partial charge in [0.2, 0.25) is 0 Å². The molecule has 2 saturated heterocycles. The zero-order chi connectivity index (χ0) is 24.0. The van der Waals surface area contributed by atoms with E-state index in [1.165, 1.54) is 23.1 Å². The maximum absolute atomic E-state index is 13.2. The number of carbonyl (C=O) groups is 2. The number of carboxylic acids is 1. The summed E-state index contributed by atoms with van der Waals surface area (Å²) in [5, 5.41) is 8.68. The monoisotopic (exact) mass is 546 g/mol. The van der Waals surface area contributed by atoms with E-state index < -0.39 is 29.4 Å². The van der Waals surface area contributed by atoms with Crippen LogP contribution in [0.15, 0.2) is 40.9 Å². The summed E-state index contributed by atoms with van der Waals surface area (Å²) in [4.78, 5) is 27.0. The fourth-order valence-electron chi connectivity index (χ4n) is 4.16. The van der Waals surface area contributed by atoms with Gasteiger partial charge >= 0.3 is 18.2 Å². The molecule has 0 bridgehead atoms. The van der Waals surface area contributed by atoms with Crippen LogP contribution in [0.25, 0.3) is 0 Å². The van der Waals surface area contributed by atoms with E-state index in [2.05, 4.69) is 15.9 Å². The van der Waals surface area contributed by atoms with Crippen molar-refractivity contribution in [3.05, 3.63) is 62.6 Å². The molecule has 1 N–H and O–H groups in total. The van der Waals surface area contributed by atoms with E-state index >= 15 is 0 Å². The SMILES string of the molecule is O=C(O)c1ccc(N2CC3(CCN(Cc4cc(C(F)(F)F)c(Cl)cc4Br)CC3)OC2=O)cc1. The summed E-state index contributed by atoms with van der Waals surface area (Å²) in [5.74, 6) is -1.05. The van der Waals surface area contributed by atoms with Crippen LogP contribution in [0, 0.1) is 0 Å². The molecule has 0 atom stereocenters.